The van der Waals surface area contributed by atoms with Crippen molar-refractivity contribution in [2.75, 3.05) is 31.2 Å². The molecule has 0 unspecified atom stereocenters. The summed E-state index contributed by atoms with van der Waals surface area (Å²) in [6.45, 7) is 7.35. The van der Waals surface area contributed by atoms with E-state index in [1.807, 2.05) is 19.1 Å². The van der Waals surface area contributed by atoms with E-state index in [4.69, 9.17) is 4.74 Å². The summed E-state index contributed by atoms with van der Waals surface area (Å²) in [5.41, 5.74) is 3.06. The van der Waals surface area contributed by atoms with Crippen LogP contribution < -0.4 is 10.5 Å². The summed E-state index contributed by atoms with van der Waals surface area (Å²) >= 11 is 0. The Morgan fingerprint density at radius 2 is 1.95 bits per heavy atom. The van der Waals surface area contributed by atoms with Crippen molar-refractivity contribution >= 4 is 5.95 Å². The van der Waals surface area contributed by atoms with Crippen LogP contribution in [0.15, 0.2) is 35.1 Å². The summed E-state index contributed by atoms with van der Waals surface area (Å²) in [5.74, 6) is 0.745. The van der Waals surface area contributed by atoms with E-state index < -0.39 is 0 Å². The van der Waals surface area contributed by atoms with Gasteiger partial charge < -0.3 is 9.64 Å². The Kier molecular flexibility index (Phi) is 4.24. The zero-order valence-electron chi connectivity index (χ0n) is 13.1. The average molecular weight is 299 g/mol. The molecule has 22 heavy (non-hydrogen) atoms. The molecule has 0 spiro atoms. The zero-order valence-corrected chi connectivity index (χ0v) is 13.1. The van der Waals surface area contributed by atoms with Gasteiger partial charge in [-0.25, -0.2) is 4.98 Å². The highest BCUT2D eigenvalue weighted by Gasteiger charge is 2.18. The third-order valence-electron chi connectivity index (χ3n) is 3.83. The van der Waals surface area contributed by atoms with E-state index in [0.717, 1.165) is 30.3 Å². The van der Waals surface area contributed by atoms with Gasteiger partial charge in [-0.3, -0.25) is 9.36 Å². The van der Waals surface area contributed by atoms with Gasteiger partial charge in [0.25, 0.3) is 5.56 Å². The molecule has 2 aromatic rings. The van der Waals surface area contributed by atoms with E-state index >= 15 is 0 Å². The molecule has 5 heteroatoms. The summed E-state index contributed by atoms with van der Waals surface area (Å²) in [5, 5.41) is 0. The first-order chi connectivity index (χ1) is 10.6. The van der Waals surface area contributed by atoms with Gasteiger partial charge in [-0.2, -0.15) is 0 Å². The Bertz CT molecular complexity index is 718. The quantitative estimate of drug-likeness (QED) is 0.866. The number of anilines is 1. The largest absolute Gasteiger partial charge is 0.378 e. The number of nitrogens with zero attached hydrogens (tertiary/aromatic N) is 3. The number of aryl methyl sites for hydroxylation is 2. The van der Waals surface area contributed by atoms with Crippen LogP contribution in [0, 0.1) is 13.8 Å². The Morgan fingerprint density at radius 3 is 2.68 bits per heavy atom. The van der Waals surface area contributed by atoms with Gasteiger partial charge in [-0.1, -0.05) is 29.8 Å². The van der Waals surface area contributed by atoms with Gasteiger partial charge in [0.15, 0.2) is 0 Å². The van der Waals surface area contributed by atoms with Gasteiger partial charge in [0, 0.05) is 24.8 Å². The van der Waals surface area contributed by atoms with Crippen LogP contribution in [-0.2, 0) is 11.3 Å². The van der Waals surface area contributed by atoms with Crippen LogP contribution in [0.25, 0.3) is 0 Å². The minimum absolute atomic E-state index is 0.00417. The van der Waals surface area contributed by atoms with Crippen LogP contribution in [0.3, 0.4) is 0 Å². The van der Waals surface area contributed by atoms with E-state index in [9.17, 15) is 4.79 Å². The van der Waals surface area contributed by atoms with Crippen LogP contribution in [0.4, 0.5) is 5.95 Å². The Labute approximate surface area is 130 Å². The van der Waals surface area contributed by atoms with Crippen molar-refractivity contribution in [2.24, 2.45) is 0 Å². The van der Waals surface area contributed by atoms with E-state index in [0.29, 0.717) is 19.8 Å². The second-order valence-corrected chi connectivity index (χ2v) is 5.71. The summed E-state index contributed by atoms with van der Waals surface area (Å²) in [6.07, 6.45) is 0. The van der Waals surface area contributed by atoms with Crippen molar-refractivity contribution in [3.05, 3.63) is 57.5 Å². The molecular formula is C17H21N3O2. The topological polar surface area (TPSA) is 47.4 Å². The van der Waals surface area contributed by atoms with Gasteiger partial charge >= 0.3 is 0 Å². The smallest absolute Gasteiger partial charge is 0.255 e. The molecule has 1 fully saturated rings. The normalized spacial score (nSPS) is 15.1. The predicted octanol–water partition coefficient (Wildman–Crippen LogP) is 1.75. The van der Waals surface area contributed by atoms with Gasteiger partial charge in [0.2, 0.25) is 5.95 Å². The van der Waals surface area contributed by atoms with Crippen molar-refractivity contribution in [3.63, 3.8) is 0 Å². The number of ether oxygens (including phenoxy) is 1. The van der Waals surface area contributed by atoms with Gasteiger partial charge in [-0.15, -0.1) is 0 Å². The molecular weight excluding hydrogens is 278 g/mol. The summed E-state index contributed by atoms with van der Waals surface area (Å²) < 4.78 is 7.16. The predicted molar refractivity (Wildman–Crippen MR) is 86.5 cm³/mol. The van der Waals surface area contributed by atoms with Gasteiger partial charge in [0.05, 0.1) is 19.8 Å². The fourth-order valence-electron chi connectivity index (χ4n) is 2.75. The standard InChI is InChI=1S/C17H21N3O2/c1-13-4-3-5-15(10-13)12-20-16(21)11-14(2)18-17(20)19-6-8-22-9-7-19/h3-5,10-11H,6-9,12H2,1-2H3. The Hall–Kier alpha value is -2.14. The number of aromatic nitrogens is 2. The van der Waals surface area contributed by atoms with Crippen LogP contribution in [-0.4, -0.2) is 35.9 Å². The van der Waals surface area contributed by atoms with Crippen molar-refractivity contribution < 1.29 is 4.74 Å². The minimum Gasteiger partial charge on any atom is -0.378 e. The number of hydrogen-bond acceptors (Lipinski definition) is 4. The molecule has 1 saturated heterocycles. The van der Waals surface area contributed by atoms with Crippen molar-refractivity contribution in [1.29, 1.82) is 0 Å². The highest BCUT2D eigenvalue weighted by molar-refractivity contribution is 5.34. The maximum Gasteiger partial charge on any atom is 0.255 e. The number of hydrogen-bond donors (Lipinski definition) is 0. The van der Waals surface area contributed by atoms with Crippen molar-refractivity contribution in [2.45, 2.75) is 20.4 Å². The molecule has 0 aliphatic carbocycles. The van der Waals surface area contributed by atoms with Crippen molar-refractivity contribution in [3.8, 4) is 0 Å². The molecule has 0 N–H and O–H groups in total. The zero-order chi connectivity index (χ0) is 15.5. The molecule has 1 aliphatic heterocycles. The van der Waals surface area contributed by atoms with Crippen molar-refractivity contribution in [1.82, 2.24) is 9.55 Å². The maximum absolute atomic E-state index is 12.5. The average Bonchev–Trinajstić information content (AvgIpc) is 2.51. The fourth-order valence-corrected chi connectivity index (χ4v) is 2.75. The summed E-state index contributed by atoms with van der Waals surface area (Å²) in [4.78, 5) is 19.2. The molecule has 0 saturated carbocycles. The molecule has 0 bridgehead atoms. The second kappa shape index (κ2) is 6.32. The lowest BCUT2D eigenvalue weighted by Crippen LogP contribution is -2.41. The monoisotopic (exact) mass is 299 g/mol. The molecule has 0 amide bonds. The van der Waals surface area contributed by atoms with Crippen LogP contribution in [0.5, 0.6) is 0 Å². The second-order valence-electron chi connectivity index (χ2n) is 5.71. The van der Waals surface area contributed by atoms with E-state index in [1.165, 1.54) is 5.56 Å². The number of morpholine rings is 1. The summed E-state index contributed by atoms with van der Waals surface area (Å²) in [7, 11) is 0. The van der Waals surface area contributed by atoms with E-state index in [1.54, 1.807) is 10.6 Å². The van der Waals surface area contributed by atoms with Crippen LogP contribution in [0.1, 0.15) is 16.8 Å². The minimum atomic E-state index is -0.00417. The van der Waals surface area contributed by atoms with E-state index in [2.05, 4.69) is 28.9 Å². The highest BCUT2D eigenvalue weighted by Crippen LogP contribution is 2.14. The lowest BCUT2D eigenvalue weighted by Gasteiger charge is -2.29. The molecule has 5 nitrogen and oxygen atoms in total. The molecule has 0 atom stereocenters. The Morgan fingerprint density at radius 1 is 1.18 bits per heavy atom. The van der Waals surface area contributed by atoms with Gasteiger partial charge in [-0.05, 0) is 19.4 Å². The molecule has 2 heterocycles. The number of benzene rings is 1. The lowest BCUT2D eigenvalue weighted by molar-refractivity contribution is 0.121. The first-order valence-corrected chi connectivity index (χ1v) is 7.60. The fraction of sp³-hybridized carbons (Fsp3) is 0.412. The molecule has 1 aromatic carbocycles. The van der Waals surface area contributed by atoms with Crippen LogP contribution in [0.2, 0.25) is 0 Å². The van der Waals surface area contributed by atoms with Gasteiger partial charge in [0.1, 0.15) is 0 Å². The first kappa shape index (κ1) is 14.8. The third kappa shape index (κ3) is 3.20. The first-order valence-electron chi connectivity index (χ1n) is 7.60. The summed E-state index contributed by atoms with van der Waals surface area (Å²) in [6, 6.07) is 9.83. The van der Waals surface area contributed by atoms with E-state index in [-0.39, 0.29) is 5.56 Å². The van der Waals surface area contributed by atoms with Crippen LogP contribution >= 0.6 is 0 Å². The number of rotatable bonds is 3. The highest BCUT2D eigenvalue weighted by atomic mass is 16.5. The molecule has 116 valence electrons. The third-order valence-corrected chi connectivity index (χ3v) is 3.83. The SMILES string of the molecule is Cc1cccc(Cn2c(N3CCOCC3)nc(C)cc2=O)c1. The lowest BCUT2D eigenvalue weighted by atomic mass is 10.1. The molecule has 1 aliphatic rings. The maximum atomic E-state index is 12.5. The molecule has 1 aromatic heterocycles. The molecule has 0 radical (unpaired) electrons. The Balaban J connectivity index is 2.00. The molecule has 3 rings (SSSR count).